The van der Waals surface area contributed by atoms with E-state index in [1.807, 2.05) is 0 Å². The van der Waals surface area contributed by atoms with Gasteiger partial charge in [0.25, 0.3) is 10.0 Å². The molecule has 0 saturated heterocycles. The molecule has 0 spiro atoms. The molecule has 0 aliphatic heterocycles. The van der Waals surface area contributed by atoms with E-state index >= 15 is 0 Å². The van der Waals surface area contributed by atoms with Crippen LogP contribution in [0.2, 0.25) is 0 Å². The average Bonchev–Trinajstić information content (AvgIpc) is 2.95. The molecule has 0 amide bonds. The Bertz CT molecular complexity index is 990. The molecule has 7 heteroatoms. The van der Waals surface area contributed by atoms with Crippen molar-refractivity contribution in [2.75, 3.05) is 0 Å². The third-order valence-electron chi connectivity index (χ3n) is 3.55. The van der Waals surface area contributed by atoms with E-state index in [1.165, 1.54) is 24.3 Å². The zero-order valence-electron chi connectivity index (χ0n) is 11.9. The number of aliphatic hydroxyl groups excluding tert-OH is 1. The summed E-state index contributed by atoms with van der Waals surface area (Å²) in [4.78, 5) is 11.5. The van der Waals surface area contributed by atoms with Crippen LogP contribution in [0, 0.1) is 0 Å². The van der Waals surface area contributed by atoms with E-state index in [-0.39, 0.29) is 28.0 Å². The van der Waals surface area contributed by atoms with Gasteiger partial charge in [0, 0.05) is 11.6 Å². The van der Waals surface area contributed by atoms with Crippen molar-refractivity contribution < 1.29 is 23.4 Å². The number of hydrogen-bond acceptors (Lipinski definition) is 4. The summed E-state index contributed by atoms with van der Waals surface area (Å²) < 4.78 is 26.5. The number of aromatic nitrogens is 1. The van der Waals surface area contributed by atoms with Gasteiger partial charge in [0.2, 0.25) is 0 Å². The smallest absolute Gasteiger partial charge is 0.337 e. The summed E-state index contributed by atoms with van der Waals surface area (Å²) in [6.07, 6.45) is 1.09. The second kappa shape index (κ2) is 5.53. The fourth-order valence-corrected chi connectivity index (χ4v) is 3.81. The first-order valence-corrected chi connectivity index (χ1v) is 8.18. The van der Waals surface area contributed by atoms with Crippen molar-refractivity contribution in [3.8, 4) is 0 Å². The molecule has 118 valence electrons. The summed E-state index contributed by atoms with van der Waals surface area (Å²) in [5.41, 5.74) is 0.633. The molecule has 1 heterocycles. The highest BCUT2D eigenvalue weighted by atomic mass is 32.2. The largest absolute Gasteiger partial charge is 0.478 e. The molecule has 0 atom stereocenters. The molecule has 6 nitrogen and oxygen atoms in total. The number of carbonyl (C=O) groups is 1. The number of aliphatic hydroxyl groups is 1. The minimum Gasteiger partial charge on any atom is -0.478 e. The van der Waals surface area contributed by atoms with Gasteiger partial charge in [-0.3, -0.25) is 0 Å². The van der Waals surface area contributed by atoms with Gasteiger partial charge < -0.3 is 10.2 Å². The van der Waals surface area contributed by atoms with Crippen LogP contribution in [0.1, 0.15) is 15.9 Å². The molecule has 0 bridgehead atoms. The Labute approximate surface area is 132 Å². The van der Waals surface area contributed by atoms with E-state index in [9.17, 15) is 23.4 Å². The average molecular weight is 331 g/mol. The highest BCUT2D eigenvalue weighted by Gasteiger charge is 2.23. The fourth-order valence-electron chi connectivity index (χ4n) is 2.42. The molecule has 0 aliphatic carbocycles. The van der Waals surface area contributed by atoms with Gasteiger partial charge in [-0.05, 0) is 29.8 Å². The van der Waals surface area contributed by atoms with Crippen LogP contribution in [0.15, 0.2) is 59.6 Å². The molecule has 3 aromatic rings. The van der Waals surface area contributed by atoms with Gasteiger partial charge in [0.1, 0.15) is 0 Å². The van der Waals surface area contributed by atoms with Crippen molar-refractivity contribution in [1.29, 1.82) is 0 Å². The number of rotatable bonds is 4. The molecule has 3 rings (SSSR count). The number of carboxylic acid groups (broad SMARTS) is 1. The summed E-state index contributed by atoms with van der Waals surface area (Å²) >= 11 is 0. The zero-order valence-corrected chi connectivity index (χ0v) is 12.7. The summed E-state index contributed by atoms with van der Waals surface area (Å²) in [7, 11) is -3.91. The molecule has 0 saturated carbocycles. The van der Waals surface area contributed by atoms with Crippen LogP contribution in [-0.4, -0.2) is 28.6 Å². The molecule has 1 aromatic heterocycles. The van der Waals surface area contributed by atoms with Crippen molar-refractivity contribution in [3.63, 3.8) is 0 Å². The number of nitrogens with zero attached hydrogens (tertiary/aromatic N) is 1. The Hall–Kier alpha value is -2.64. The van der Waals surface area contributed by atoms with E-state index in [2.05, 4.69) is 0 Å². The Kier molecular flexibility index (Phi) is 3.67. The molecule has 0 radical (unpaired) electrons. The SMILES string of the molecule is O=C(O)c1cn(S(=O)(=O)c2ccccc2)c2ccc(CO)cc12. The van der Waals surface area contributed by atoms with Crippen LogP contribution in [0.4, 0.5) is 0 Å². The van der Waals surface area contributed by atoms with Gasteiger partial charge in [0.05, 0.1) is 22.6 Å². The van der Waals surface area contributed by atoms with E-state index < -0.39 is 16.0 Å². The Balaban J connectivity index is 2.33. The molecule has 2 aromatic carbocycles. The molecular formula is C16H13NO5S. The molecule has 2 N–H and O–H groups in total. The minimum absolute atomic E-state index is 0.0695. The first-order valence-electron chi connectivity index (χ1n) is 6.74. The van der Waals surface area contributed by atoms with Crippen LogP contribution in [0.25, 0.3) is 10.9 Å². The topological polar surface area (TPSA) is 96.6 Å². The third-order valence-corrected chi connectivity index (χ3v) is 5.24. The second-order valence-electron chi connectivity index (χ2n) is 4.97. The van der Waals surface area contributed by atoms with E-state index in [4.69, 9.17) is 0 Å². The van der Waals surface area contributed by atoms with Crippen molar-refractivity contribution in [1.82, 2.24) is 3.97 Å². The van der Waals surface area contributed by atoms with Crippen LogP contribution in [0.5, 0.6) is 0 Å². The number of aromatic carboxylic acids is 1. The van der Waals surface area contributed by atoms with Crippen LogP contribution in [-0.2, 0) is 16.6 Å². The summed E-state index contributed by atoms with van der Waals surface area (Å²) in [5, 5.41) is 18.8. The lowest BCUT2D eigenvalue weighted by molar-refractivity contribution is 0.0699. The Morgan fingerprint density at radius 3 is 2.39 bits per heavy atom. The number of fused-ring (bicyclic) bond motifs is 1. The van der Waals surface area contributed by atoms with Gasteiger partial charge in [-0.25, -0.2) is 17.2 Å². The number of hydrogen-bond donors (Lipinski definition) is 2. The summed E-state index contributed by atoms with van der Waals surface area (Å²) in [6.45, 7) is -0.258. The number of carboxylic acids is 1. The van der Waals surface area contributed by atoms with E-state index in [0.717, 1.165) is 10.2 Å². The maximum absolute atomic E-state index is 12.8. The molecule has 0 unspecified atom stereocenters. The van der Waals surface area contributed by atoms with Gasteiger partial charge >= 0.3 is 5.97 Å². The van der Waals surface area contributed by atoms with E-state index in [1.54, 1.807) is 24.3 Å². The summed E-state index contributed by atoms with van der Waals surface area (Å²) in [5.74, 6) is -1.23. The first kappa shape index (κ1) is 15.3. The standard InChI is InChI=1S/C16H13NO5S/c18-10-11-6-7-15-13(8-11)14(16(19)20)9-17(15)23(21,22)12-4-2-1-3-5-12/h1-9,18H,10H2,(H,19,20). The maximum atomic E-state index is 12.8. The third kappa shape index (κ3) is 2.49. The highest BCUT2D eigenvalue weighted by Crippen LogP contribution is 2.27. The molecular weight excluding hydrogens is 318 g/mol. The van der Waals surface area contributed by atoms with Gasteiger partial charge in [-0.15, -0.1) is 0 Å². The number of benzene rings is 2. The van der Waals surface area contributed by atoms with Crippen molar-refractivity contribution in [2.24, 2.45) is 0 Å². The predicted molar refractivity (Wildman–Crippen MR) is 83.8 cm³/mol. The molecule has 0 aliphatic rings. The lowest BCUT2D eigenvalue weighted by Gasteiger charge is -2.07. The molecule has 23 heavy (non-hydrogen) atoms. The highest BCUT2D eigenvalue weighted by molar-refractivity contribution is 7.90. The van der Waals surface area contributed by atoms with Gasteiger partial charge in [-0.1, -0.05) is 24.3 Å². The fraction of sp³-hybridized carbons (Fsp3) is 0.0625. The Morgan fingerprint density at radius 2 is 1.78 bits per heavy atom. The minimum atomic E-state index is -3.91. The van der Waals surface area contributed by atoms with Crippen LogP contribution >= 0.6 is 0 Å². The predicted octanol–water partition coefficient (Wildman–Crippen LogP) is 2.07. The van der Waals surface area contributed by atoms with Gasteiger partial charge in [-0.2, -0.15) is 0 Å². The second-order valence-corrected chi connectivity index (χ2v) is 6.79. The molecule has 0 fully saturated rings. The monoisotopic (exact) mass is 331 g/mol. The first-order chi connectivity index (χ1) is 10.9. The Morgan fingerprint density at radius 1 is 1.09 bits per heavy atom. The van der Waals surface area contributed by atoms with Crippen LogP contribution in [0.3, 0.4) is 0 Å². The van der Waals surface area contributed by atoms with Crippen LogP contribution < -0.4 is 0 Å². The summed E-state index contributed by atoms with van der Waals surface area (Å²) in [6, 6.07) is 12.3. The lowest BCUT2D eigenvalue weighted by atomic mass is 10.1. The maximum Gasteiger partial charge on any atom is 0.337 e. The zero-order chi connectivity index (χ0) is 16.6. The normalized spacial score (nSPS) is 11.7. The van der Waals surface area contributed by atoms with Gasteiger partial charge in [0.15, 0.2) is 0 Å². The lowest BCUT2D eigenvalue weighted by Crippen LogP contribution is -2.11. The van der Waals surface area contributed by atoms with Crippen molar-refractivity contribution in [3.05, 3.63) is 65.9 Å². The van der Waals surface area contributed by atoms with Crippen molar-refractivity contribution >= 4 is 26.9 Å². The van der Waals surface area contributed by atoms with Crippen molar-refractivity contribution in [2.45, 2.75) is 11.5 Å². The van der Waals surface area contributed by atoms with E-state index in [0.29, 0.717) is 5.56 Å². The quantitative estimate of drug-likeness (QED) is 0.763.